The Kier molecular flexibility index (Phi) is 5.48. The fraction of sp³-hybridized carbons (Fsp3) is 0.125. The lowest BCUT2D eigenvalue weighted by atomic mass is 10.2. The summed E-state index contributed by atoms with van der Waals surface area (Å²) in [6, 6.07) is 10.9. The van der Waals surface area contributed by atoms with E-state index in [1.165, 1.54) is 24.3 Å². The number of nitrogens with one attached hydrogen (secondary N) is 1. The molecule has 0 aliphatic heterocycles. The quantitative estimate of drug-likeness (QED) is 0.834. The summed E-state index contributed by atoms with van der Waals surface area (Å²) < 4.78 is 45.6. The lowest BCUT2D eigenvalue weighted by Crippen LogP contribution is -2.21. The number of ether oxygens (including phenoxy) is 2. The highest BCUT2D eigenvalue weighted by molar-refractivity contribution is 6.06. The predicted molar refractivity (Wildman–Crippen MR) is 82.2 cm³/mol. The lowest BCUT2D eigenvalue weighted by Gasteiger charge is -2.12. The largest absolute Gasteiger partial charge is 0.573 e. The van der Waals surface area contributed by atoms with Gasteiger partial charge in [-0.25, -0.2) is 0 Å². The summed E-state index contributed by atoms with van der Waals surface area (Å²) in [6.45, 7) is -0.417. The summed E-state index contributed by atoms with van der Waals surface area (Å²) in [5, 5.41) is 2.43. The molecule has 0 saturated carbocycles. The number of carbonyl (C=O) groups is 2. The van der Waals surface area contributed by atoms with Gasteiger partial charge in [0.05, 0.1) is 5.56 Å². The van der Waals surface area contributed by atoms with Crippen LogP contribution >= 0.6 is 0 Å². The van der Waals surface area contributed by atoms with Gasteiger partial charge >= 0.3 is 6.36 Å². The Bertz CT molecular complexity index is 778. The van der Waals surface area contributed by atoms with E-state index < -0.39 is 30.5 Å². The van der Waals surface area contributed by atoms with E-state index in [1.807, 2.05) is 0 Å². The van der Waals surface area contributed by atoms with E-state index in [-0.39, 0.29) is 17.0 Å². The molecule has 132 valence electrons. The van der Waals surface area contributed by atoms with E-state index in [0.717, 1.165) is 12.1 Å². The molecule has 6 nitrogen and oxygen atoms in total. The molecule has 2 aromatic rings. The molecule has 0 saturated heterocycles. The van der Waals surface area contributed by atoms with Gasteiger partial charge in [-0.05, 0) is 24.3 Å². The molecule has 2 amide bonds. The lowest BCUT2D eigenvalue weighted by molar-refractivity contribution is -0.274. The van der Waals surface area contributed by atoms with Crippen molar-refractivity contribution in [2.75, 3.05) is 11.9 Å². The zero-order valence-corrected chi connectivity index (χ0v) is 12.7. The number of hydrogen-bond donors (Lipinski definition) is 2. The number of hydrogen-bond acceptors (Lipinski definition) is 4. The van der Waals surface area contributed by atoms with Crippen molar-refractivity contribution in [2.45, 2.75) is 6.36 Å². The van der Waals surface area contributed by atoms with Crippen molar-refractivity contribution in [1.82, 2.24) is 0 Å². The predicted octanol–water partition coefficient (Wildman–Crippen LogP) is 2.70. The minimum absolute atomic E-state index is 0.0888. The highest BCUT2D eigenvalue weighted by Gasteiger charge is 2.31. The Morgan fingerprint density at radius 3 is 2.48 bits per heavy atom. The van der Waals surface area contributed by atoms with Crippen LogP contribution < -0.4 is 20.5 Å². The molecular formula is C16H13F3N2O4. The van der Waals surface area contributed by atoms with Crippen LogP contribution in [0, 0.1) is 0 Å². The molecule has 0 aliphatic rings. The highest BCUT2D eigenvalue weighted by atomic mass is 19.4. The monoisotopic (exact) mass is 354 g/mol. The first-order valence-corrected chi connectivity index (χ1v) is 6.92. The summed E-state index contributed by atoms with van der Waals surface area (Å²) in [5.41, 5.74) is 5.17. The summed E-state index contributed by atoms with van der Waals surface area (Å²) >= 11 is 0. The van der Waals surface area contributed by atoms with Crippen molar-refractivity contribution in [1.29, 1.82) is 0 Å². The maximum atomic E-state index is 12.3. The van der Waals surface area contributed by atoms with Crippen LogP contribution in [-0.2, 0) is 4.79 Å². The minimum atomic E-state index is -4.84. The summed E-state index contributed by atoms with van der Waals surface area (Å²) in [7, 11) is 0. The normalized spacial score (nSPS) is 10.8. The first-order chi connectivity index (χ1) is 11.7. The van der Waals surface area contributed by atoms with Gasteiger partial charge in [0, 0.05) is 11.8 Å². The van der Waals surface area contributed by atoms with Gasteiger partial charge in [0.15, 0.2) is 6.61 Å². The minimum Gasteiger partial charge on any atom is -0.483 e. The maximum Gasteiger partial charge on any atom is 0.573 e. The van der Waals surface area contributed by atoms with E-state index in [9.17, 15) is 22.8 Å². The molecule has 0 heterocycles. The van der Waals surface area contributed by atoms with E-state index >= 15 is 0 Å². The molecule has 9 heteroatoms. The standard InChI is InChI=1S/C16H13F3N2O4/c17-16(18,19)25-11-5-3-4-10(8-11)21-15(23)12-6-1-2-7-13(12)24-9-14(20)22/h1-8H,9H2,(H2,20,22)(H,21,23). The molecule has 0 atom stereocenters. The molecule has 3 N–H and O–H groups in total. The number of benzene rings is 2. The smallest absolute Gasteiger partial charge is 0.483 e. The van der Waals surface area contributed by atoms with Crippen LogP contribution in [0.15, 0.2) is 48.5 Å². The van der Waals surface area contributed by atoms with Gasteiger partial charge in [0.25, 0.3) is 11.8 Å². The van der Waals surface area contributed by atoms with Crippen LogP contribution in [0.25, 0.3) is 0 Å². The second kappa shape index (κ2) is 7.56. The molecular weight excluding hydrogens is 341 g/mol. The first-order valence-electron chi connectivity index (χ1n) is 6.92. The number of halogens is 3. The van der Waals surface area contributed by atoms with Gasteiger partial charge in [-0.3, -0.25) is 9.59 Å². The molecule has 2 aromatic carbocycles. The fourth-order valence-electron chi connectivity index (χ4n) is 1.90. The maximum absolute atomic E-state index is 12.3. The Morgan fingerprint density at radius 2 is 1.80 bits per heavy atom. The van der Waals surface area contributed by atoms with Crippen LogP contribution in [0.1, 0.15) is 10.4 Å². The Labute approximate surface area is 140 Å². The summed E-state index contributed by atoms with van der Waals surface area (Å²) in [6.07, 6.45) is -4.84. The average molecular weight is 354 g/mol. The number of primary amides is 1. The van der Waals surface area contributed by atoms with Crippen LogP contribution in [0.4, 0.5) is 18.9 Å². The topological polar surface area (TPSA) is 90.7 Å². The van der Waals surface area contributed by atoms with Crippen molar-refractivity contribution in [3.8, 4) is 11.5 Å². The number of alkyl halides is 3. The van der Waals surface area contributed by atoms with Gasteiger partial charge in [-0.2, -0.15) is 0 Å². The van der Waals surface area contributed by atoms with Crippen molar-refractivity contribution < 1.29 is 32.2 Å². The van der Waals surface area contributed by atoms with Crippen molar-refractivity contribution in [2.24, 2.45) is 5.73 Å². The molecule has 2 rings (SSSR count). The second-order valence-electron chi connectivity index (χ2n) is 4.78. The molecule has 0 spiro atoms. The molecule has 0 fully saturated rings. The van der Waals surface area contributed by atoms with E-state index in [1.54, 1.807) is 12.1 Å². The average Bonchev–Trinajstić information content (AvgIpc) is 2.51. The van der Waals surface area contributed by atoms with E-state index in [0.29, 0.717) is 0 Å². The van der Waals surface area contributed by atoms with Crippen LogP contribution in [0.3, 0.4) is 0 Å². The van der Waals surface area contributed by atoms with Gasteiger partial charge in [0.1, 0.15) is 11.5 Å². The molecule has 0 bridgehead atoms. The van der Waals surface area contributed by atoms with E-state index in [2.05, 4.69) is 10.1 Å². The van der Waals surface area contributed by atoms with Crippen molar-refractivity contribution in [3.05, 3.63) is 54.1 Å². The summed E-state index contributed by atoms with van der Waals surface area (Å²) in [4.78, 5) is 23.1. The third-order valence-corrected chi connectivity index (χ3v) is 2.83. The molecule has 25 heavy (non-hydrogen) atoms. The van der Waals surface area contributed by atoms with Gasteiger partial charge < -0.3 is 20.5 Å². The number of amides is 2. The number of nitrogens with two attached hydrogens (primary N) is 1. The van der Waals surface area contributed by atoms with Gasteiger partial charge in [0.2, 0.25) is 0 Å². The molecule has 0 unspecified atom stereocenters. The van der Waals surface area contributed by atoms with Gasteiger partial charge in [-0.15, -0.1) is 13.2 Å². The van der Waals surface area contributed by atoms with Crippen LogP contribution in [-0.4, -0.2) is 24.8 Å². The molecule has 0 aliphatic carbocycles. The Hall–Kier alpha value is -3.23. The SMILES string of the molecule is NC(=O)COc1ccccc1C(=O)Nc1cccc(OC(F)(F)F)c1. The van der Waals surface area contributed by atoms with Crippen molar-refractivity contribution in [3.63, 3.8) is 0 Å². The third kappa shape index (κ3) is 5.72. The number of anilines is 1. The number of rotatable bonds is 6. The molecule has 0 radical (unpaired) electrons. The third-order valence-electron chi connectivity index (χ3n) is 2.83. The molecule has 0 aromatic heterocycles. The number of carbonyl (C=O) groups excluding carboxylic acids is 2. The Morgan fingerprint density at radius 1 is 1.08 bits per heavy atom. The van der Waals surface area contributed by atoms with Crippen LogP contribution in [0.5, 0.6) is 11.5 Å². The zero-order valence-electron chi connectivity index (χ0n) is 12.7. The Balaban J connectivity index is 2.15. The fourth-order valence-corrected chi connectivity index (χ4v) is 1.90. The second-order valence-corrected chi connectivity index (χ2v) is 4.78. The number of para-hydroxylation sites is 1. The first kappa shape index (κ1) is 18.1. The van der Waals surface area contributed by atoms with Gasteiger partial charge in [-0.1, -0.05) is 18.2 Å². The van der Waals surface area contributed by atoms with Crippen molar-refractivity contribution >= 4 is 17.5 Å². The van der Waals surface area contributed by atoms with Crippen LogP contribution in [0.2, 0.25) is 0 Å². The van der Waals surface area contributed by atoms with E-state index in [4.69, 9.17) is 10.5 Å². The zero-order chi connectivity index (χ0) is 18.4. The summed E-state index contributed by atoms with van der Waals surface area (Å²) in [5.74, 6) is -1.71. The highest BCUT2D eigenvalue weighted by Crippen LogP contribution is 2.26.